The molecule has 0 radical (unpaired) electrons. The lowest BCUT2D eigenvalue weighted by molar-refractivity contribution is -0.112. The Morgan fingerprint density at radius 3 is 2.61 bits per heavy atom. The van der Waals surface area contributed by atoms with E-state index >= 15 is 0 Å². The summed E-state index contributed by atoms with van der Waals surface area (Å²) >= 11 is 0. The highest BCUT2D eigenvalue weighted by Crippen LogP contribution is 2.22. The van der Waals surface area contributed by atoms with Gasteiger partial charge in [-0.05, 0) is 44.4 Å². The predicted molar refractivity (Wildman–Crippen MR) is 66.9 cm³/mol. The lowest BCUT2D eigenvalue weighted by Crippen LogP contribution is -2.34. The lowest BCUT2D eigenvalue weighted by atomic mass is 9.89. The molecule has 2 N–H and O–H groups in total. The van der Waals surface area contributed by atoms with E-state index < -0.39 is 11.7 Å². The first kappa shape index (κ1) is 14.2. The molecule has 1 heterocycles. The zero-order valence-electron chi connectivity index (χ0n) is 10.6. The van der Waals surface area contributed by atoms with Crippen molar-refractivity contribution in [1.82, 2.24) is 4.98 Å². The molecule has 0 saturated heterocycles. The second-order valence-corrected chi connectivity index (χ2v) is 4.84. The molecule has 0 spiro atoms. The largest absolute Gasteiger partial charge is 0.444 e. The highest BCUT2D eigenvalue weighted by molar-refractivity contribution is 5.65. The highest BCUT2D eigenvalue weighted by atomic mass is 16.6. The maximum Gasteiger partial charge on any atom is 0.405 e. The zero-order chi connectivity index (χ0) is 13.6. The summed E-state index contributed by atoms with van der Waals surface area (Å²) in [5.74, 6) is -0.221. The molecule has 1 unspecified atom stereocenters. The third-order valence-electron chi connectivity index (χ3n) is 2.57. The van der Waals surface area contributed by atoms with Gasteiger partial charge in [-0.2, -0.15) is 0 Å². The molecule has 1 aromatic heterocycles. The maximum absolute atomic E-state index is 11.1. The van der Waals surface area contributed by atoms with Crippen LogP contribution < -0.4 is 5.73 Å². The number of amides is 1. The lowest BCUT2D eigenvalue weighted by Gasteiger charge is -2.26. The Bertz CT molecular complexity index is 404. The molecule has 1 aromatic rings. The van der Waals surface area contributed by atoms with Crippen LogP contribution in [0.3, 0.4) is 0 Å². The van der Waals surface area contributed by atoms with Crippen molar-refractivity contribution in [1.29, 1.82) is 0 Å². The van der Waals surface area contributed by atoms with Crippen LogP contribution in [0, 0.1) is 5.92 Å². The quantitative estimate of drug-likeness (QED) is 0.779. The highest BCUT2D eigenvalue weighted by Gasteiger charge is 2.26. The molecule has 5 nitrogen and oxygen atoms in total. The summed E-state index contributed by atoms with van der Waals surface area (Å²) in [6, 6.07) is 3.72. The fourth-order valence-corrected chi connectivity index (χ4v) is 1.94. The van der Waals surface area contributed by atoms with Crippen molar-refractivity contribution in [3.05, 3.63) is 30.1 Å². The van der Waals surface area contributed by atoms with Crippen molar-refractivity contribution in [2.24, 2.45) is 11.7 Å². The Balaban J connectivity index is 2.62. The molecule has 1 amide bonds. The van der Waals surface area contributed by atoms with Crippen LogP contribution in [-0.2, 0) is 16.0 Å². The fourth-order valence-electron chi connectivity index (χ4n) is 1.94. The van der Waals surface area contributed by atoms with Gasteiger partial charge in [0.05, 0.1) is 0 Å². The first-order valence-electron chi connectivity index (χ1n) is 5.75. The van der Waals surface area contributed by atoms with Crippen molar-refractivity contribution in [3.63, 3.8) is 0 Å². The molecule has 1 rings (SSSR count). The van der Waals surface area contributed by atoms with Crippen molar-refractivity contribution >= 4 is 12.4 Å². The Kier molecular flexibility index (Phi) is 4.83. The van der Waals surface area contributed by atoms with E-state index in [1.54, 1.807) is 26.2 Å². The molecule has 0 aromatic carbocycles. The molecule has 1 atom stereocenters. The molecule has 0 aliphatic heterocycles. The van der Waals surface area contributed by atoms with E-state index in [0.717, 1.165) is 11.8 Å². The smallest absolute Gasteiger partial charge is 0.405 e. The summed E-state index contributed by atoms with van der Waals surface area (Å²) in [7, 11) is 0. The third kappa shape index (κ3) is 4.95. The number of carbonyl (C=O) groups is 2. The number of nitrogens with two attached hydrogens (primary N) is 1. The molecule has 5 heteroatoms. The van der Waals surface area contributed by atoms with Gasteiger partial charge in [-0.25, -0.2) is 4.79 Å². The van der Waals surface area contributed by atoms with Gasteiger partial charge in [0.1, 0.15) is 11.9 Å². The molecule has 98 valence electrons. The molecule has 18 heavy (non-hydrogen) atoms. The number of hydrogen-bond acceptors (Lipinski definition) is 4. The van der Waals surface area contributed by atoms with Crippen molar-refractivity contribution < 1.29 is 14.3 Å². The van der Waals surface area contributed by atoms with E-state index in [1.807, 2.05) is 12.1 Å². The second kappa shape index (κ2) is 6.14. The van der Waals surface area contributed by atoms with Crippen LogP contribution in [0.25, 0.3) is 0 Å². The Hall–Kier alpha value is -1.91. The average Bonchev–Trinajstić information content (AvgIpc) is 2.27. The van der Waals surface area contributed by atoms with Crippen LogP contribution in [0.5, 0.6) is 0 Å². The van der Waals surface area contributed by atoms with E-state index in [0.29, 0.717) is 12.8 Å². The first-order valence-corrected chi connectivity index (χ1v) is 5.75. The van der Waals surface area contributed by atoms with E-state index in [4.69, 9.17) is 10.5 Å². The van der Waals surface area contributed by atoms with Gasteiger partial charge in [0.25, 0.3) is 0 Å². The van der Waals surface area contributed by atoms with Gasteiger partial charge in [0.15, 0.2) is 0 Å². The van der Waals surface area contributed by atoms with Gasteiger partial charge in [-0.15, -0.1) is 0 Å². The summed E-state index contributed by atoms with van der Waals surface area (Å²) in [6.07, 6.45) is 4.45. The summed E-state index contributed by atoms with van der Waals surface area (Å²) < 4.78 is 4.98. The molecule has 0 aliphatic rings. The van der Waals surface area contributed by atoms with Gasteiger partial charge in [0, 0.05) is 18.3 Å². The monoisotopic (exact) mass is 250 g/mol. The first-order chi connectivity index (χ1) is 8.43. The molecular formula is C13H18N2O3. The van der Waals surface area contributed by atoms with Crippen molar-refractivity contribution in [2.45, 2.75) is 32.3 Å². The number of nitrogens with zero attached hydrogens (tertiary/aromatic N) is 1. The van der Waals surface area contributed by atoms with Gasteiger partial charge in [-0.3, -0.25) is 4.98 Å². The van der Waals surface area contributed by atoms with Crippen molar-refractivity contribution in [2.75, 3.05) is 0 Å². The van der Waals surface area contributed by atoms with Crippen LogP contribution in [0.1, 0.15) is 25.8 Å². The van der Waals surface area contributed by atoms with Gasteiger partial charge >= 0.3 is 6.09 Å². The molecule has 0 fully saturated rings. The molecular weight excluding hydrogens is 232 g/mol. The number of carbonyl (C=O) groups excluding carboxylic acids is 2. The minimum Gasteiger partial charge on any atom is -0.444 e. The van der Waals surface area contributed by atoms with Crippen LogP contribution in [0.2, 0.25) is 0 Å². The fraction of sp³-hybridized carbons (Fsp3) is 0.462. The third-order valence-corrected chi connectivity index (χ3v) is 2.57. The zero-order valence-corrected chi connectivity index (χ0v) is 10.6. The van der Waals surface area contributed by atoms with E-state index in [9.17, 15) is 9.59 Å². The van der Waals surface area contributed by atoms with Crippen LogP contribution in [-0.4, -0.2) is 23.0 Å². The Morgan fingerprint density at radius 2 is 2.11 bits per heavy atom. The van der Waals surface area contributed by atoms with Crippen LogP contribution in [0.15, 0.2) is 24.5 Å². The number of pyridine rings is 1. The standard InChI is InChI=1S/C13H18N2O3/c1-13(2,18-12(14)17)8-11(9-16)7-10-3-5-15-6-4-10/h3-6,9,11H,7-8H2,1-2H3,(H2,14,17). The van der Waals surface area contributed by atoms with E-state index in [1.165, 1.54) is 0 Å². The second-order valence-electron chi connectivity index (χ2n) is 4.84. The molecule has 0 aliphatic carbocycles. The number of aldehydes is 1. The number of hydrogen-bond donors (Lipinski definition) is 1. The number of primary amides is 1. The molecule has 0 saturated carbocycles. The van der Waals surface area contributed by atoms with Crippen molar-refractivity contribution in [3.8, 4) is 0 Å². The average molecular weight is 250 g/mol. The number of rotatable bonds is 6. The van der Waals surface area contributed by atoms with Gasteiger partial charge < -0.3 is 15.3 Å². The van der Waals surface area contributed by atoms with Crippen LogP contribution >= 0.6 is 0 Å². The normalized spacial score (nSPS) is 12.8. The summed E-state index contributed by atoms with van der Waals surface area (Å²) in [5.41, 5.74) is 5.27. The minimum atomic E-state index is -0.825. The molecule has 0 bridgehead atoms. The summed E-state index contributed by atoms with van der Waals surface area (Å²) in [4.78, 5) is 25.8. The summed E-state index contributed by atoms with van der Waals surface area (Å²) in [5, 5.41) is 0. The number of ether oxygens (including phenoxy) is 1. The Labute approximate surface area is 106 Å². The van der Waals surface area contributed by atoms with Gasteiger partial charge in [-0.1, -0.05) is 0 Å². The van der Waals surface area contributed by atoms with E-state index in [-0.39, 0.29) is 5.92 Å². The van der Waals surface area contributed by atoms with E-state index in [2.05, 4.69) is 4.98 Å². The minimum absolute atomic E-state index is 0.221. The van der Waals surface area contributed by atoms with Gasteiger partial charge in [0.2, 0.25) is 0 Å². The summed E-state index contributed by atoms with van der Waals surface area (Å²) in [6.45, 7) is 3.47. The predicted octanol–water partition coefficient (Wildman–Crippen LogP) is 1.70. The van der Waals surface area contributed by atoms with Crippen LogP contribution in [0.4, 0.5) is 4.79 Å². The number of aromatic nitrogens is 1. The SMILES string of the molecule is CC(C)(CC(C=O)Cc1ccncc1)OC(N)=O. The maximum atomic E-state index is 11.1. The topological polar surface area (TPSA) is 82.3 Å². The Morgan fingerprint density at radius 1 is 1.50 bits per heavy atom.